The summed E-state index contributed by atoms with van der Waals surface area (Å²) in [6.07, 6.45) is 3.39. The van der Waals surface area contributed by atoms with Gasteiger partial charge in [-0.3, -0.25) is 0 Å². The lowest BCUT2D eigenvalue weighted by Gasteiger charge is -2.22. The smallest absolute Gasteiger partial charge is 0.128 e. The molecule has 0 aliphatic carbocycles. The van der Waals surface area contributed by atoms with Crippen molar-refractivity contribution in [3.8, 4) is 0 Å². The number of ether oxygens (including phenoxy) is 1. The number of benzene rings is 1. The van der Waals surface area contributed by atoms with Gasteiger partial charge in [-0.25, -0.2) is 4.39 Å². The van der Waals surface area contributed by atoms with Crippen molar-refractivity contribution in [3.63, 3.8) is 0 Å². The van der Waals surface area contributed by atoms with Crippen molar-refractivity contribution >= 4 is 0 Å². The van der Waals surface area contributed by atoms with Crippen molar-refractivity contribution in [1.29, 1.82) is 0 Å². The zero-order chi connectivity index (χ0) is 16.8. The molecule has 0 radical (unpaired) electrons. The number of hydrogen-bond donors (Lipinski definition) is 1. The molecule has 134 valence electrons. The first-order valence-electron chi connectivity index (χ1n) is 9.14. The third-order valence-electron chi connectivity index (χ3n) is 5.08. The highest BCUT2D eigenvalue weighted by molar-refractivity contribution is 5.16. The molecule has 2 fully saturated rings. The summed E-state index contributed by atoms with van der Waals surface area (Å²) in [4.78, 5) is 4.90. The minimum absolute atomic E-state index is 0.210. The Morgan fingerprint density at radius 3 is 2.75 bits per heavy atom. The van der Waals surface area contributed by atoms with Crippen LogP contribution in [-0.2, 0) is 11.3 Å². The van der Waals surface area contributed by atoms with E-state index in [-0.39, 0.29) is 19.0 Å². The number of halogens is 1. The van der Waals surface area contributed by atoms with Crippen LogP contribution in [0.2, 0.25) is 0 Å². The average molecular weight is 336 g/mol. The van der Waals surface area contributed by atoms with Crippen LogP contribution < -0.4 is 0 Å². The van der Waals surface area contributed by atoms with Gasteiger partial charge in [0.2, 0.25) is 0 Å². The van der Waals surface area contributed by atoms with Crippen LogP contribution in [0.15, 0.2) is 24.3 Å². The Labute approximate surface area is 144 Å². The van der Waals surface area contributed by atoms with Gasteiger partial charge in [0.05, 0.1) is 19.3 Å². The zero-order valence-electron chi connectivity index (χ0n) is 14.4. The van der Waals surface area contributed by atoms with Crippen molar-refractivity contribution in [3.05, 3.63) is 35.6 Å². The van der Waals surface area contributed by atoms with E-state index in [1.54, 1.807) is 18.2 Å². The lowest BCUT2D eigenvalue weighted by Crippen LogP contribution is -2.34. The van der Waals surface area contributed by atoms with E-state index < -0.39 is 6.10 Å². The number of rotatable bonds is 8. The molecule has 1 N–H and O–H groups in total. The SMILES string of the molecule is OC(COCc1ccccc1F)CN1CCC(CN2CCCC2)C1. The fourth-order valence-electron chi connectivity index (χ4n) is 3.83. The highest BCUT2D eigenvalue weighted by Crippen LogP contribution is 2.20. The fraction of sp³-hybridized carbons (Fsp3) is 0.684. The summed E-state index contributed by atoms with van der Waals surface area (Å²) in [5, 5.41) is 10.2. The van der Waals surface area contributed by atoms with Crippen molar-refractivity contribution < 1.29 is 14.2 Å². The molecule has 0 bridgehead atoms. The maximum Gasteiger partial charge on any atom is 0.128 e. The Morgan fingerprint density at radius 1 is 1.17 bits per heavy atom. The number of nitrogens with zero attached hydrogens (tertiary/aromatic N) is 2. The van der Waals surface area contributed by atoms with Gasteiger partial charge in [-0.15, -0.1) is 0 Å². The van der Waals surface area contributed by atoms with Crippen LogP contribution in [0, 0.1) is 11.7 Å². The molecule has 0 amide bonds. The number of likely N-dealkylation sites (tertiary alicyclic amines) is 2. The maximum absolute atomic E-state index is 13.5. The quantitative estimate of drug-likeness (QED) is 0.789. The van der Waals surface area contributed by atoms with Crippen molar-refractivity contribution in [2.24, 2.45) is 5.92 Å². The highest BCUT2D eigenvalue weighted by Gasteiger charge is 2.26. The zero-order valence-corrected chi connectivity index (χ0v) is 14.4. The van der Waals surface area contributed by atoms with E-state index in [0.717, 1.165) is 19.0 Å². The van der Waals surface area contributed by atoms with Crippen molar-refractivity contribution in [2.75, 3.05) is 45.9 Å². The predicted molar refractivity (Wildman–Crippen MR) is 92.3 cm³/mol. The normalized spacial score (nSPS) is 23.8. The summed E-state index contributed by atoms with van der Waals surface area (Å²) in [5.41, 5.74) is 0.538. The molecular formula is C19H29FN2O2. The first-order chi connectivity index (χ1) is 11.7. The molecule has 0 saturated carbocycles. The van der Waals surface area contributed by atoms with Gasteiger partial charge >= 0.3 is 0 Å². The molecule has 2 aliphatic rings. The second kappa shape index (κ2) is 8.90. The Kier molecular flexibility index (Phi) is 6.60. The molecule has 4 nitrogen and oxygen atoms in total. The van der Waals surface area contributed by atoms with Crippen LogP contribution in [0.4, 0.5) is 4.39 Å². The summed E-state index contributed by atoms with van der Waals surface area (Å²) in [6, 6.07) is 6.60. The summed E-state index contributed by atoms with van der Waals surface area (Å²) < 4.78 is 19.0. The topological polar surface area (TPSA) is 35.9 Å². The van der Waals surface area contributed by atoms with Crippen LogP contribution >= 0.6 is 0 Å². The largest absolute Gasteiger partial charge is 0.389 e. The van der Waals surface area contributed by atoms with Gasteiger partial charge < -0.3 is 19.6 Å². The van der Waals surface area contributed by atoms with Gasteiger partial charge in [0.15, 0.2) is 0 Å². The maximum atomic E-state index is 13.5. The van der Waals surface area contributed by atoms with Crippen LogP contribution in [0.25, 0.3) is 0 Å². The van der Waals surface area contributed by atoms with Crippen LogP contribution in [0.3, 0.4) is 0 Å². The number of β-amino-alcohol motifs (C(OH)–C–C–N with tert-alkyl or cyclic N) is 1. The number of hydrogen-bond acceptors (Lipinski definition) is 4. The Bertz CT molecular complexity index is 508. The average Bonchev–Trinajstić information content (AvgIpc) is 3.22. The number of aliphatic hydroxyl groups excluding tert-OH is 1. The fourth-order valence-corrected chi connectivity index (χ4v) is 3.83. The molecule has 5 heteroatoms. The third kappa shape index (κ3) is 5.24. The summed E-state index contributed by atoms with van der Waals surface area (Å²) in [7, 11) is 0. The Morgan fingerprint density at radius 2 is 1.96 bits per heavy atom. The summed E-state index contributed by atoms with van der Waals surface area (Å²) in [6.45, 7) is 6.95. The molecule has 2 aliphatic heterocycles. The highest BCUT2D eigenvalue weighted by atomic mass is 19.1. The third-order valence-corrected chi connectivity index (χ3v) is 5.08. The summed E-state index contributed by atoms with van der Waals surface area (Å²) >= 11 is 0. The second-order valence-corrected chi connectivity index (χ2v) is 7.18. The van der Waals surface area contributed by atoms with Crippen molar-refractivity contribution in [1.82, 2.24) is 9.80 Å². The molecule has 2 heterocycles. The first-order valence-corrected chi connectivity index (χ1v) is 9.14. The second-order valence-electron chi connectivity index (χ2n) is 7.18. The van der Waals surface area contributed by atoms with E-state index >= 15 is 0 Å². The summed E-state index contributed by atoms with van der Waals surface area (Å²) in [5.74, 6) is 0.478. The van der Waals surface area contributed by atoms with Gasteiger partial charge in [0.1, 0.15) is 5.82 Å². The standard InChI is InChI=1S/C19H29FN2O2/c20-19-6-2-1-5-17(19)14-24-15-18(23)13-22-10-7-16(12-22)11-21-8-3-4-9-21/h1-2,5-6,16,18,23H,3-4,7-15H2. The van der Waals surface area contributed by atoms with Crippen LogP contribution in [0.1, 0.15) is 24.8 Å². The Hall–Kier alpha value is -1.01. The molecule has 0 spiro atoms. The predicted octanol–water partition coefficient (Wildman–Crippen LogP) is 2.12. The monoisotopic (exact) mass is 336 g/mol. The van der Waals surface area contributed by atoms with E-state index in [2.05, 4.69) is 9.80 Å². The molecule has 1 aromatic carbocycles. The van der Waals surface area contributed by atoms with Gasteiger partial charge in [-0.1, -0.05) is 18.2 Å². The lowest BCUT2D eigenvalue weighted by atomic mass is 10.1. The molecule has 0 aromatic heterocycles. The molecule has 24 heavy (non-hydrogen) atoms. The molecule has 3 rings (SSSR count). The van der Waals surface area contributed by atoms with E-state index in [9.17, 15) is 9.50 Å². The van der Waals surface area contributed by atoms with Gasteiger partial charge in [-0.05, 0) is 50.9 Å². The lowest BCUT2D eigenvalue weighted by molar-refractivity contribution is 0.0119. The van der Waals surface area contributed by atoms with E-state index in [0.29, 0.717) is 12.1 Å². The Balaban J connectivity index is 1.32. The molecule has 2 unspecified atom stereocenters. The van der Waals surface area contributed by atoms with Crippen LogP contribution in [-0.4, -0.2) is 66.9 Å². The van der Waals surface area contributed by atoms with E-state index in [4.69, 9.17) is 4.74 Å². The molecule has 2 atom stereocenters. The minimum Gasteiger partial charge on any atom is -0.389 e. The molecule has 2 saturated heterocycles. The van der Waals surface area contributed by atoms with E-state index in [1.807, 2.05) is 0 Å². The van der Waals surface area contributed by atoms with E-state index in [1.165, 1.54) is 45.0 Å². The van der Waals surface area contributed by atoms with Gasteiger partial charge in [-0.2, -0.15) is 0 Å². The number of aliphatic hydroxyl groups is 1. The van der Waals surface area contributed by atoms with Crippen molar-refractivity contribution in [2.45, 2.75) is 32.0 Å². The molecular weight excluding hydrogens is 307 g/mol. The van der Waals surface area contributed by atoms with Gasteiger partial charge in [0, 0.05) is 25.2 Å². The van der Waals surface area contributed by atoms with Gasteiger partial charge in [0.25, 0.3) is 0 Å². The van der Waals surface area contributed by atoms with Crippen LogP contribution in [0.5, 0.6) is 0 Å². The first kappa shape index (κ1) is 17.8. The minimum atomic E-state index is -0.512. The molecule has 1 aromatic rings.